The van der Waals surface area contributed by atoms with Gasteiger partial charge in [0, 0.05) is 11.6 Å². The van der Waals surface area contributed by atoms with Gasteiger partial charge in [-0.1, -0.05) is 0 Å². The molecule has 0 radical (unpaired) electrons. The normalized spacial score (nSPS) is 10.0. The van der Waals surface area contributed by atoms with Crippen molar-refractivity contribution in [3.8, 4) is 23.0 Å². The van der Waals surface area contributed by atoms with Crippen LogP contribution in [0, 0.1) is 0 Å². The molecule has 0 saturated carbocycles. The highest BCUT2D eigenvalue weighted by atomic mass is 16.5. The van der Waals surface area contributed by atoms with Gasteiger partial charge in [0.1, 0.15) is 11.5 Å². The summed E-state index contributed by atoms with van der Waals surface area (Å²) in [5, 5.41) is 13.4. The van der Waals surface area contributed by atoms with Crippen molar-refractivity contribution < 1.29 is 29.6 Å². The number of hydrogen-bond donors (Lipinski definition) is 2. The summed E-state index contributed by atoms with van der Waals surface area (Å²) in [6, 6.07) is 9.55. The molecular weight excluding hydrogens is 328 g/mol. The number of rotatable bonds is 6. The van der Waals surface area contributed by atoms with Gasteiger partial charge in [0.15, 0.2) is 11.5 Å². The second-order valence-electron chi connectivity index (χ2n) is 4.73. The molecule has 2 aromatic carbocycles. The number of aromatic hydroxyl groups is 1. The maximum atomic E-state index is 12.1. The molecule has 0 atom stereocenters. The van der Waals surface area contributed by atoms with Crippen molar-refractivity contribution in [2.45, 2.75) is 0 Å². The number of phenolic OH excluding ortho intramolecular Hbond substituents is 1. The standard InChI is InChI=1S/C17H18N2O5.H2O/c1-22-13-7-12(8-14(9-13)23-2)17(21)19-18-10-11-4-5-15(20)16(6-11)24-3;/h4-10,20H,1-3H3,(H,19,21);1H2/b18-10+;. The molecule has 0 unspecified atom stereocenters. The smallest absolute Gasteiger partial charge is 0.271 e. The fraction of sp³-hybridized carbons (Fsp3) is 0.176. The van der Waals surface area contributed by atoms with Crippen LogP contribution < -0.4 is 19.6 Å². The highest BCUT2D eigenvalue weighted by Gasteiger charge is 2.09. The zero-order valence-electron chi connectivity index (χ0n) is 14.1. The van der Waals surface area contributed by atoms with Crippen molar-refractivity contribution in [1.29, 1.82) is 0 Å². The second kappa shape index (κ2) is 9.14. The lowest BCUT2D eigenvalue weighted by Crippen LogP contribution is -2.17. The summed E-state index contributed by atoms with van der Waals surface area (Å²) >= 11 is 0. The van der Waals surface area contributed by atoms with Crippen LogP contribution in [0.3, 0.4) is 0 Å². The number of nitrogens with zero attached hydrogens (tertiary/aromatic N) is 1. The van der Waals surface area contributed by atoms with E-state index in [1.807, 2.05) is 0 Å². The largest absolute Gasteiger partial charge is 0.504 e. The van der Waals surface area contributed by atoms with E-state index in [0.29, 0.717) is 28.4 Å². The quantitative estimate of drug-likeness (QED) is 0.603. The fourth-order valence-corrected chi connectivity index (χ4v) is 1.94. The number of hydrogen-bond acceptors (Lipinski definition) is 6. The number of amides is 1. The van der Waals surface area contributed by atoms with Crippen LogP contribution in [0.25, 0.3) is 0 Å². The van der Waals surface area contributed by atoms with E-state index in [4.69, 9.17) is 14.2 Å². The monoisotopic (exact) mass is 348 g/mol. The molecule has 8 heteroatoms. The van der Waals surface area contributed by atoms with Crippen molar-refractivity contribution in [3.63, 3.8) is 0 Å². The Morgan fingerprint density at radius 3 is 2.24 bits per heavy atom. The summed E-state index contributed by atoms with van der Waals surface area (Å²) < 4.78 is 15.3. The molecular formula is C17H20N2O6. The van der Waals surface area contributed by atoms with Gasteiger partial charge in [0.25, 0.3) is 5.91 Å². The number of carbonyl (C=O) groups excluding carboxylic acids is 1. The zero-order valence-corrected chi connectivity index (χ0v) is 14.1. The Morgan fingerprint density at radius 2 is 1.68 bits per heavy atom. The SMILES string of the molecule is COc1cc(OC)cc(C(=O)N/N=C/c2ccc(O)c(OC)c2)c1.O. The third-order valence-corrected chi connectivity index (χ3v) is 3.20. The summed E-state index contributed by atoms with van der Waals surface area (Å²) in [6.07, 6.45) is 1.44. The van der Waals surface area contributed by atoms with Gasteiger partial charge in [-0.2, -0.15) is 5.10 Å². The topological polar surface area (TPSA) is 121 Å². The number of ether oxygens (including phenoxy) is 3. The molecule has 0 bridgehead atoms. The van der Waals surface area contributed by atoms with Gasteiger partial charge >= 0.3 is 0 Å². The predicted molar refractivity (Wildman–Crippen MR) is 92.9 cm³/mol. The Balaban J connectivity index is 0.00000312. The summed E-state index contributed by atoms with van der Waals surface area (Å²) in [4.78, 5) is 12.1. The molecule has 0 aliphatic rings. The minimum absolute atomic E-state index is 0. The fourth-order valence-electron chi connectivity index (χ4n) is 1.94. The van der Waals surface area contributed by atoms with E-state index < -0.39 is 5.91 Å². The predicted octanol–water partition coefficient (Wildman–Crippen LogP) is 1.36. The van der Waals surface area contributed by atoms with E-state index in [1.165, 1.54) is 33.6 Å². The van der Waals surface area contributed by atoms with E-state index in [0.717, 1.165) is 0 Å². The van der Waals surface area contributed by atoms with Gasteiger partial charge < -0.3 is 24.8 Å². The lowest BCUT2D eigenvalue weighted by molar-refractivity contribution is 0.0954. The van der Waals surface area contributed by atoms with Crippen molar-refractivity contribution in [2.24, 2.45) is 5.10 Å². The maximum absolute atomic E-state index is 12.1. The summed E-state index contributed by atoms with van der Waals surface area (Å²) in [5.41, 5.74) is 3.43. The number of nitrogens with one attached hydrogen (secondary N) is 1. The first-order chi connectivity index (χ1) is 11.6. The Hall–Kier alpha value is -3.26. The number of methoxy groups -OCH3 is 3. The number of carbonyl (C=O) groups is 1. The number of hydrazone groups is 1. The molecule has 0 aliphatic carbocycles. The number of benzene rings is 2. The highest BCUT2D eigenvalue weighted by molar-refractivity contribution is 5.95. The average molecular weight is 348 g/mol. The molecule has 8 nitrogen and oxygen atoms in total. The molecule has 0 heterocycles. The van der Waals surface area contributed by atoms with Crippen LogP contribution in [0.4, 0.5) is 0 Å². The van der Waals surface area contributed by atoms with Crippen LogP contribution in [0.15, 0.2) is 41.5 Å². The van der Waals surface area contributed by atoms with Gasteiger partial charge in [-0.15, -0.1) is 0 Å². The van der Waals surface area contributed by atoms with E-state index in [1.54, 1.807) is 30.3 Å². The molecule has 0 aromatic heterocycles. The summed E-state index contributed by atoms with van der Waals surface area (Å²) in [5.74, 6) is 0.956. The van der Waals surface area contributed by atoms with Gasteiger partial charge in [0.05, 0.1) is 27.5 Å². The second-order valence-corrected chi connectivity index (χ2v) is 4.73. The van der Waals surface area contributed by atoms with E-state index in [-0.39, 0.29) is 11.2 Å². The van der Waals surface area contributed by atoms with Crippen molar-refractivity contribution in [1.82, 2.24) is 5.43 Å². The van der Waals surface area contributed by atoms with Crippen LogP contribution in [0.5, 0.6) is 23.0 Å². The van der Waals surface area contributed by atoms with Crippen molar-refractivity contribution in [3.05, 3.63) is 47.5 Å². The molecule has 0 saturated heterocycles. The van der Waals surface area contributed by atoms with Crippen LogP contribution in [0.1, 0.15) is 15.9 Å². The van der Waals surface area contributed by atoms with Crippen molar-refractivity contribution in [2.75, 3.05) is 21.3 Å². The molecule has 0 spiro atoms. The van der Waals surface area contributed by atoms with Gasteiger partial charge in [-0.25, -0.2) is 5.43 Å². The molecule has 0 fully saturated rings. The Morgan fingerprint density at radius 1 is 1.04 bits per heavy atom. The highest BCUT2D eigenvalue weighted by Crippen LogP contribution is 2.25. The van der Waals surface area contributed by atoms with Crippen LogP contribution >= 0.6 is 0 Å². The van der Waals surface area contributed by atoms with Crippen LogP contribution in [-0.2, 0) is 0 Å². The number of phenols is 1. The third kappa shape index (κ3) is 5.11. The van der Waals surface area contributed by atoms with Gasteiger partial charge in [-0.05, 0) is 35.9 Å². The van der Waals surface area contributed by atoms with Gasteiger partial charge in [0.2, 0.25) is 0 Å². The molecule has 4 N–H and O–H groups in total. The first-order valence-corrected chi connectivity index (χ1v) is 7.01. The van der Waals surface area contributed by atoms with E-state index in [2.05, 4.69) is 10.5 Å². The Kier molecular flexibility index (Phi) is 7.23. The Bertz CT molecular complexity index is 739. The Labute approximate surface area is 145 Å². The molecule has 134 valence electrons. The molecule has 2 aromatic rings. The van der Waals surface area contributed by atoms with Crippen LogP contribution in [-0.4, -0.2) is 44.0 Å². The van der Waals surface area contributed by atoms with E-state index >= 15 is 0 Å². The lowest BCUT2D eigenvalue weighted by Gasteiger charge is -2.07. The minimum Gasteiger partial charge on any atom is -0.504 e. The van der Waals surface area contributed by atoms with Crippen molar-refractivity contribution >= 4 is 12.1 Å². The summed E-state index contributed by atoms with van der Waals surface area (Å²) in [6.45, 7) is 0. The lowest BCUT2D eigenvalue weighted by atomic mass is 10.2. The molecule has 1 amide bonds. The molecule has 25 heavy (non-hydrogen) atoms. The molecule has 0 aliphatic heterocycles. The van der Waals surface area contributed by atoms with Gasteiger partial charge in [-0.3, -0.25) is 4.79 Å². The third-order valence-electron chi connectivity index (χ3n) is 3.20. The minimum atomic E-state index is -0.408. The first-order valence-electron chi connectivity index (χ1n) is 7.01. The summed E-state index contributed by atoms with van der Waals surface area (Å²) in [7, 11) is 4.47. The molecule has 2 rings (SSSR count). The average Bonchev–Trinajstić information content (AvgIpc) is 2.62. The van der Waals surface area contributed by atoms with Crippen LogP contribution in [0.2, 0.25) is 0 Å². The first kappa shape index (κ1) is 19.8. The maximum Gasteiger partial charge on any atom is 0.271 e. The zero-order chi connectivity index (χ0) is 17.5. The van der Waals surface area contributed by atoms with E-state index in [9.17, 15) is 9.90 Å².